The van der Waals surface area contributed by atoms with Gasteiger partial charge in [-0.25, -0.2) is 13.2 Å². The van der Waals surface area contributed by atoms with E-state index in [4.69, 9.17) is 16.3 Å². The maximum Gasteiger partial charge on any atom is 0.339 e. The first-order valence-electron chi connectivity index (χ1n) is 6.30. The van der Waals surface area contributed by atoms with Crippen molar-refractivity contribution in [3.05, 3.63) is 23.8 Å². The van der Waals surface area contributed by atoms with Crippen LogP contribution in [0.4, 0.5) is 0 Å². The lowest BCUT2D eigenvalue weighted by atomic mass is 10.2. The van der Waals surface area contributed by atoms with E-state index in [1.807, 2.05) is 6.92 Å². The molecule has 2 N–H and O–H groups in total. The molecule has 0 aromatic heterocycles. The maximum atomic E-state index is 12.1. The number of hydrogen-bond acceptors (Lipinski definition) is 4. The van der Waals surface area contributed by atoms with Crippen LogP contribution in [0.25, 0.3) is 0 Å². The summed E-state index contributed by atoms with van der Waals surface area (Å²) >= 11 is 0. The zero-order chi connectivity index (χ0) is 16.0. The van der Waals surface area contributed by atoms with E-state index in [2.05, 4.69) is 10.6 Å². The normalized spacial score (nSPS) is 12.4. The third-order valence-electron chi connectivity index (χ3n) is 2.54. The lowest BCUT2D eigenvalue weighted by molar-refractivity contribution is 0.0692. The lowest BCUT2D eigenvalue weighted by Crippen LogP contribution is -2.31. The summed E-state index contributed by atoms with van der Waals surface area (Å²) in [5.41, 5.74) is -0.209. The zero-order valence-electron chi connectivity index (χ0n) is 11.8. The van der Waals surface area contributed by atoms with E-state index in [0.29, 0.717) is 13.0 Å². The van der Waals surface area contributed by atoms with Crippen LogP contribution >= 0.6 is 0 Å². The van der Waals surface area contributed by atoms with Crippen molar-refractivity contribution in [3.63, 3.8) is 0 Å². The van der Waals surface area contributed by atoms with Crippen LogP contribution in [-0.2, 0) is 10.0 Å². The minimum absolute atomic E-state index is 0.133. The highest BCUT2D eigenvalue weighted by molar-refractivity contribution is 7.89. The van der Waals surface area contributed by atoms with E-state index >= 15 is 0 Å². The second-order valence-electron chi connectivity index (χ2n) is 4.32. The van der Waals surface area contributed by atoms with Crippen molar-refractivity contribution in [2.45, 2.75) is 31.2 Å². The van der Waals surface area contributed by atoms with Gasteiger partial charge in [0, 0.05) is 0 Å². The van der Waals surface area contributed by atoms with Gasteiger partial charge in [-0.3, -0.25) is 0 Å². The third-order valence-corrected chi connectivity index (χ3v) is 4.07. The van der Waals surface area contributed by atoms with E-state index in [0.717, 1.165) is 6.07 Å². The number of ether oxygens (including phenoxy) is 1. The molecule has 21 heavy (non-hydrogen) atoms. The fourth-order valence-corrected chi connectivity index (χ4v) is 2.71. The summed E-state index contributed by atoms with van der Waals surface area (Å²) in [6.07, 6.45) is 5.83. The highest BCUT2D eigenvalue weighted by Gasteiger charge is 2.20. The Kier molecular flexibility index (Phi) is 5.76. The molecule has 0 amide bonds. The Hall–Kier alpha value is -2.04. The number of aromatic carboxylic acids is 1. The topological polar surface area (TPSA) is 92.7 Å². The summed E-state index contributed by atoms with van der Waals surface area (Å²) in [6.45, 7) is 3.73. The van der Waals surface area contributed by atoms with Crippen LogP contribution in [0, 0.1) is 12.3 Å². The molecule has 0 saturated carbocycles. The smallest absolute Gasteiger partial charge is 0.339 e. The molecular weight excluding hydrogens is 294 g/mol. The van der Waals surface area contributed by atoms with Gasteiger partial charge in [-0.2, -0.15) is 4.72 Å². The van der Waals surface area contributed by atoms with Gasteiger partial charge in [-0.05, 0) is 31.5 Å². The highest BCUT2D eigenvalue weighted by Crippen LogP contribution is 2.23. The molecule has 0 heterocycles. The summed E-state index contributed by atoms with van der Waals surface area (Å²) in [7, 11) is -3.88. The van der Waals surface area contributed by atoms with Crippen LogP contribution in [0.5, 0.6) is 5.75 Å². The largest absolute Gasteiger partial charge is 0.493 e. The van der Waals surface area contributed by atoms with Crippen LogP contribution in [0.3, 0.4) is 0 Å². The Morgan fingerprint density at radius 2 is 2.19 bits per heavy atom. The Morgan fingerprint density at radius 1 is 1.52 bits per heavy atom. The third kappa shape index (κ3) is 4.48. The Balaban J connectivity index is 3.20. The van der Waals surface area contributed by atoms with Gasteiger partial charge in [0.1, 0.15) is 11.3 Å². The summed E-state index contributed by atoms with van der Waals surface area (Å²) in [6, 6.07) is 2.97. The van der Waals surface area contributed by atoms with Gasteiger partial charge < -0.3 is 9.84 Å². The Bertz CT molecular complexity index is 660. The Morgan fingerprint density at radius 3 is 2.71 bits per heavy atom. The number of carboxylic acids is 1. The second kappa shape index (κ2) is 7.11. The van der Waals surface area contributed by atoms with E-state index < -0.39 is 22.0 Å². The van der Waals surface area contributed by atoms with Gasteiger partial charge in [0.2, 0.25) is 10.0 Å². The second-order valence-corrected chi connectivity index (χ2v) is 6.04. The monoisotopic (exact) mass is 311 g/mol. The predicted molar refractivity (Wildman–Crippen MR) is 77.8 cm³/mol. The number of hydrogen-bond donors (Lipinski definition) is 2. The molecule has 0 aliphatic rings. The predicted octanol–water partition coefficient (Wildman–Crippen LogP) is 1.47. The summed E-state index contributed by atoms with van der Waals surface area (Å²) < 4.78 is 31.7. The number of nitrogens with one attached hydrogen (secondary N) is 1. The molecule has 0 aliphatic carbocycles. The van der Waals surface area contributed by atoms with Crippen LogP contribution in [0.2, 0.25) is 0 Å². The number of sulfonamides is 1. The van der Waals surface area contributed by atoms with E-state index in [1.54, 1.807) is 0 Å². The first kappa shape index (κ1) is 17.0. The van der Waals surface area contributed by atoms with E-state index in [1.165, 1.54) is 19.1 Å². The SMILES string of the molecule is C#CC(C)NS(=O)(=O)c1ccc(OCCC)c(C(=O)O)c1. The molecular formula is C14H17NO5S. The standard InChI is InChI=1S/C14H17NO5S/c1-4-8-20-13-7-6-11(9-12(13)14(16)17)21(18,19)15-10(3)5-2/h2,6-7,9-10,15H,4,8H2,1,3H3,(H,16,17). The van der Waals surface area contributed by atoms with Crippen molar-refractivity contribution in [2.75, 3.05) is 6.61 Å². The molecule has 114 valence electrons. The van der Waals surface area contributed by atoms with Crippen LogP contribution < -0.4 is 9.46 Å². The molecule has 1 aromatic carbocycles. The fraction of sp³-hybridized carbons (Fsp3) is 0.357. The molecule has 0 aliphatic heterocycles. The number of rotatable bonds is 7. The van der Waals surface area contributed by atoms with Gasteiger partial charge >= 0.3 is 5.97 Å². The zero-order valence-corrected chi connectivity index (χ0v) is 12.6. The van der Waals surface area contributed by atoms with Crippen LogP contribution in [-0.4, -0.2) is 32.1 Å². The Labute approximate surface area is 124 Å². The average Bonchev–Trinajstić information content (AvgIpc) is 2.44. The van der Waals surface area contributed by atoms with Crippen molar-refractivity contribution in [1.29, 1.82) is 0 Å². The quantitative estimate of drug-likeness (QED) is 0.744. The van der Waals surface area contributed by atoms with Crippen molar-refractivity contribution >= 4 is 16.0 Å². The first-order chi connectivity index (χ1) is 9.81. The number of terminal acetylenes is 1. The summed E-state index contributed by atoms with van der Waals surface area (Å²) in [4.78, 5) is 11.0. The highest BCUT2D eigenvalue weighted by atomic mass is 32.2. The first-order valence-corrected chi connectivity index (χ1v) is 7.78. The van der Waals surface area contributed by atoms with Gasteiger partial charge in [-0.15, -0.1) is 6.42 Å². The molecule has 1 rings (SSSR count). The fourth-order valence-electron chi connectivity index (χ4n) is 1.52. The lowest BCUT2D eigenvalue weighted by Gasteiger charge is -2.12. The molecule has 7 heteroatoms. The molecule has 1 atom stereocenters. The number of carbonyl (C=O) groups is 1. The molecule has 1 aromatic rings. The van der Waals surface area contributed by atoms with E-state index in [9.17, 15) is 13.2 Å². The molecule has 6 nitrogen and oxygen atoms in total. The van der Waals surface area contributed by atoms with Crippen molar-refractivity contribution in [3.8, 4) is 18.1 Å². The van der Waals surface area contributed by atoms with Gasteiger partial charge in [0.05, 0.1) is 17.5 Å². The molecule has 0 spiro atoms. The van der Waals surface area contributed by atoms with Crippen molar-refractivity contribution in [2.24, 2.45) is 0 Å². The molecule has 0 bridgehead atoms. The number of benzene rings is 1. The molecule has 0 fully saturated rings. The minimum atomic E-state index is -3.88. The van der Waals surface area contributed by atoms with Crippen LogP contribution in [0.1, 0.15) is 30.6 Å². The van der Waals surface area contributed by atoms with Crippen LogP contribution in [0.15, 0.2) is 23.1 Å². The van der Waals surface area contributed by atoms with Gasteiger partial charge in [-0.1, -0.05) is 12.8 Å². The van der Waals surface area contributed by atoms with Crippen molar-refractivity contribution < 1.29 is 23.1 Å². The van der Waals surface area contributed by atoms with E-state index in [-0.39, 0.29) is 16.2 Å². The maximum absolute atomic E-state index is 12.1. The molecule has 1 unspecified atom stereocenters. The molecule has 0 saturated heterocycles. The molecule has 0 radical (unpaired) electrons. The summed E-state index contributed by atoms with van der Waals surface area (Å²) in [5.74, 6) is 1.11. The van der Waals surface area contributed by atoms with Gasteiger partial charge in [0.25, 0.3) is 0 Å². The number of carboxylic acid groups (broad SMARTS) is 1. The van der Waals surface area contributed by atoms with Gasteiger partial charge in [0.15, 0.2) is 0 Å². The van der Waals surface area contributed by atoms with Crippen molar-refractivity contribution in [1.82, 2.24) is 4.72 Å². The average molecular weight is 311 g/mol. The minimum Gasteiger partial charge on any atom is -0.493 e. The summed E-state index contributed by atoms with van der Waals surface area (Å²) in [5, 5.41) is 9.16.